The van der Waals surface area contributed by atoms with E-state index in [1.165, 1.54) is 12.5 Å². The summed E-state index contributed by atoms with van der Waals surface area (Å²) in [4.78, 5) is 31.2. The highest BCUT2D eigenvalue weighted by molar-refractivity contribution is 5.79. The number of nitrogens with one attached hydrogen (secondary N) is 1. The van der Waals surface area contributed by atoms with E-state index >= 15 is 0 Å². The highest BCUT2D eigenvalue weighted by Gasteiger charge is 2.27. The van der Waals surface area contributed by atoms with Crippen LogP contribution in [0.3, 0.4) is 0 Å². The molecule has 0 radical (unpaired) electrons. The van der Waals surface area contributed by atoms with Gasteiger partial charge in [0.15, 0.2) is 0 Å². The van der Waals surface area contributed by atoms with Gasteiger partial charge in [-0.1, -0.05) is 26.0 Å². The van der Waals surface area contributed by atoms with Gasteiger partial charge in [-0.2, -0.15) is 0 Å². The Morgan fingerprint density at radius 3 is 2.23 bits per heavy atom. The molecule has 0 aromatic heterocycles. The number of carbonyl (C=O) groups excluding carboxylic acids is 2. The number of piperazine rings is 1. The maximum atomic E-state index is 13.6. The van der Waals surface area contributed by atoms with E-state index in [0.29, 0.717) is 37.0 Å². The molecule has 1 aromatic carbocycles. The first-order chi connectivity index (χ1) is 14.3. The molecule has 166 valence electrons. The predicted molar refractivity (Wildman–Crippen MR) is 115 cm³/mol. The van der Waals surface area contributed by atoms with Crippen LogP contribution >= 0.6 is 0 Å². The minimum Gasteiger partial charge on any atom is -0.351 e. The van der Waals surface area contributed by atoms with Crippen molar-refractivity contribution in [3.05, 3.63) is 35.1 Å². The van der Waals surface area contributed by atoms with Crippen molar-refractivity contribution in [3.63, 3.8) is 0 Å². The highest BCUT2D eigenvalue weighted by atomic mass is 19.1. The fraction of sp³-hybridized carbons (Fsp3) is 0.652. The molecular formula is C23H35FN4O2. The fourth-order valence-corrected chi connectivity index (χ4v) is 4.47. The number of rotatable bonds is 6. The highest BCUT2D eigenvalue weighted by Crippen LogP contribution is 2.21. The lowest BCUT2D eigenvalue weighted by molar-refractivity contribution is -0.135. The van der Waals surface area contributed by atoms with Crippen molar-refractivity contribution in [2.75, 3.05) is 52.4 Å². The third-order valence-corrected chi connectivity index (χ3v) is 6.14. The molecule has 0 unspecified atom stereocenters. The van der Waals surface area contributed by atoms with Crippen molar-refractivity contribution in [1.29, 1.82) is 0 Å². The number of benzene rings is 1. The smallest absolute Gasteiger partial charge is 0.236 e. The second-order valence-corrected chi connectivity index (χ2v) is 9.16. The topological polar surface area (TPSA) is 55.9 Å². The average Bonchev–Trinajstić information content (AvgIpc) is 2.69. The van der Waals surface area contributed by atoms with E-state index < -0.39 is 0 Å². The molecule has 2 amide bonds. The molecule has 0 bridgehead atoms. The van der Waals surface area contributed by atoms with Gasteiger partial charge >= 0.3 is 0 Å². The van der Waals surface area contributed by atoms with E-state index in [2.05, 4.69) is 29.0 Å². The first-order valence-electron chi connectivity index (χ1n) is 11.0. The Morgan fingerprint density at radius 2 is 1.63 bits per heavy atom. The van der Waals surface area contributed by atoms with Gasteiger partial charge in [-0.3, -0.25) is 19.4 Å². The fourth-order valence-electron chi connectivity index (χ4n) is 4.47. The van der Waals surface area contributed by atoms with Gasteiger partial charge in [-0.25, -0.2) is 4.39 Å². The molecule has 7 heteroatoms. The third kappa shape index (κ3) is 6.51. The first kappa shape index (κ1) is 22.7. The van der Waals surface area contributed by atoms with Gasteiger partial charge in [0.2, 0.25) is 11.8 Å². The summed E-state index contributed by atoms with van der Waals surface area (Å²) in [5.41, 5.74) is 1.36. The zero-order valence-electron chi connectivity index (χ0n) is 18.5. The zero-order valence-corrected chi connectivity index (χ0v) is 18.5. The van der Waals surface area contributed by atoms with Crippen LogP contribution in [0.4, 0.5) is 4.39 Å². The Kier molecular flexibility index (Phi) is 7.83. The quantitative estimate of drug-likeness (QED) is 0.766. The van der Waals surface area contributed by atoms with Gasteiger partial charge < -0.3 is 10.2 Å². The summed E-state index contributed by atoms with van der Waals surface area (Å²) in [6.45, 7) is 12.2. The minimum absolute atomic E-state index is 0.0585. The Morgan fingerprint density at radius 1 is 1.03 bits per heavy atom. The summed E-state index contributed by atoms with van der Waals surface area (Å²) in [5.74, 6) is 1.07. The maximum Gasteiger partial charge on any atom is 0.236 e. The molecule has 30 heavy (non-hydrogen) atoms. The molecular weight excluding hydrogens is 383 g/mol. The average molecular weight is 419 g/mol. The van der Waals surface area contributed by atoms with Gasteiger partial charge in [0.1, 0.15) is 5.82 Å². The summed E-state index contributed by atoms with van der Waals surface area (Å²) in [6.07, 6.45) is 1.20. The molecule has 2 aliphatic rings. The van der Waals surface area contributed by atoms with Gasteiger partial charge in [0, 0.05) is 45.8 Å². The Labute approximate surface area is 179 Å². The molecule has 0 aliphatic carbocycles. The Hall–Kier alpha value is -1.99. The van der Waals surface area contributed by atoms with E-state index in [4.69, 9.17) is 0 Å². The molecule has 3 rings (SSSR count). The number of likely N-dealkylation sites (tertiary alicyclic amines) is 1. The Balaban J connectivity index is 1.36. The predicted octanol–water partition coefficient (Wildman–Crippen LogP) is 1.87. The van der Waals surface area contributed by atoms with Crippen molar-refractivity contribution in [3.8, 4) is 0 Å². The molecule has 1 aromatic rings. The van der Waals surface area contributed by atoms with Crippen LogP contribution in [0.2, 0.25) is 0 Å². The van der Waals surface area contributed by atoms with Crippen molar-refractivity contribution >= 4 is 11.8 Å². The van der Waals surface area contributed by atoms with E-state index in [9.17, 15) is 14.0 Å². The SMILES string of the molecule is Cc1ccc(CNC(=O)CN2CCN(CC(=O)N3C[C@H](C)C[C@@H](C)C3)CC2)cc1F. The summed E-state index contributed by atoms with van der Waals surface area (Å²) in [7, 11) is 0. The van der Waals surface area contributed by atoms with Crippen LogP contribution in [0.1, 0.15) is 31.4 Å². The molecule has 6 nitrogen and oxygen atoms in total. The van der Waals surface area contributed by atoms with Crippen molar-refractivity contribution < 1.29 is 14.0 Å². The lowest BCUT2D eigenvalue weighted by Gasteiger charge is -2.38. The summed E-state index contributed by atoms with van der Waals surface area (Å²) >= 11 is 0. The second-order valence-electron chi connectivity index (χ2n) is 9.16. The van der Waals surface area contributed by atoms with Gasteiger partial charge in [0.05, 0.1) is 13.1 Å². The van der Waals surface area contributed by atoms with E-state index in [-0.39, 0.29) is 17.6 Å². The van der Waals surface area contributed by atoms with Crippen LogP contribution in [-0.4, -0.2) is 78.9 Å². The van der Waals surface area contributed by atoms with Crippen LogP contribution < -0.4 is 5.32 Å². The number of halogens is 1. The largest absolute Gasteiger partial charge is 0.351 e. The van der Waals surface area contributed by atoms with Gasteiger partial charge in [-0.15, -0.1) is 0 Å². The van der Waals surface area contributed by atoms with Gasteiger partial charge in [-0.05, 0) is 42.4 Å². The van der Waals surface area contributed by atoms with Crippen LogP contribution in [0.15, 0.2) is 18.2 Å². The number of amides is 2. The first-order valence-corrected chi connectivity index (χ1v) is 11.0. The molecule has 1 N–H and O–H groups in total. The summed E-state index contributed by atoms with van der Waals surface area (Å²) in [5, 5.41) is 2.87. The van der Waals surface area contributed by atoms with Crippen molar-refractivity contribution in [2.24, 2.45) is 11.8 Å². The lowest BCUT2D eigenvalue weighted by Crippen LogP contribution is -2.53. The lowest BCUT2D eigenvalue weighted by atomic mass is 9.92. The van der Waals surface area contributed by atoms with Crippen LogP contribution in [0.5, 0.6) is 0 Å². The van der Waals surface area contributed by atoms with Crippen molar-refractivity contribution in [1.82, 2.24) is 20.0 Å². The number of carbonyl (C=O) groups is 2. The normalized spacial score (nSPS) is 23.4. The summed E-state index contributed by atoms with van der Waals surface area (Å²) in [6, 6.07) is 5.02. The molecule has 2 fully saturated rings. The number of piperidine rings is 1. The second kappa shape index (κ2) is 10.4. The number of aryl methyl sites for hydroxylation is 1. The Bertz CT molecular complexity index is 739. The molecule has 2 aliphatic heterocycles. The van der Waals surface area contributed by atoms with E-state index in [1.54, 1.807) is 13.0 Å². The standard InChI is InChI=1S/C23H35FN4O2/c1-17-10-18(2)14-28(13-17)23(30)16-27-8-6-26(7-9-27)15-22(29)25-12-20-5-4-19(3)21(24)11-20/h4-5,11,17-18H,6-10,12-16H2,1-3H3,(H,25,29)/t17-,18-/m1/s1. The summed E-state index contributed by atoms with van der Waals surface area (Å²) < 4.78 is 13.6. The molecule has 2 heterocycles. The number of hydrogen-bond donors (Lipinski definition) is 1. The van der Waals surface area contributed by atoms with E-state index in [0.717, 1.165) is 44.8 Å². The zero-order chi connectivity index (χ0) is 21.7. The molecule has 0 saturated carbocycles. The number of nitrogens with zero attached hydrogens (tertiary/aromatic N) is 3. The third-order valence-electron chi connectivity index (χ3n) is 6.14. The van der Waals surface area contributed by atoms with Gasteiger partial charge in [0.25, 0.3) is 0 Å². The van der Waals surface area contributed by atoms with Crippen LogP contribution in [0, 0.1) is 24.6 Å². The minimum atomic E-state index is -0.249. The number of hydrogen-bond acceptors (Lipinski definition) is 4. The molecule has 2 saturated heterocycles. The molecule has 0 spiro atoms. The van der Waals surface area contributed by atoms with Crippen LogP contribution in [-0.2, 0) is 16.1 Å². The molecule has 2 atom stereocenters. The van der Waals surface area contributed by atoms with Crippen LogP contribution in [0.25, 0.3) is 0 Å². The van der Waals surface area contributed by atoms with Crippen molar-refractivity contribution in [2.45, 2.75) is 33.7 Å². The monoisotopic (exact) mass is 418 g/mol. The van der Waals surface area contributed by atoms with E-state index in [1.807, 2.05) is 11.0 Å². The maximum absolute atomic E-state index is 13.6.